The molecule has 25 heavy (non-hydrogen) atoms. The molecule has 0 saturated heterocycles. The van der Waals surface area contributed by atoms with E-state index < -0.39 is 0 Å². The maximum absolute atomic E-state index is 9.04. The molecular weight excluding hydrogens is 304 g/mol. The molecule has 0 aliphatic heterocycles. The van der Waals surface area contributed by atoms with Crippen LogP contribution in [-0.2, 0) is 0 Å². The van der Waals surface area contributed by atoms with Gasteiger partial charge in [0.2, 0.25) is 0 Å². The summed E-state index contributed by atoms with van der Waals surface area (Å²) < 4.78 is 0. The average Bonchev–Trinajstić information content (AvgIpc) is 2.67. The number of rotatable bonds is 4. The standard InChI is InChI=1S/C23H22N2/c1-17(25(2)3)19-7-9-20(10-8-19)21-11-13-22(14-12-21)23-6-4-5-18(15-23)16-24/h4-15,17H,1-3H3. The monoisotopic (exact) mass is 326 g/mol. The topological polar surface area (TPSA) is 27.0 Å². The van der Waals surface area contributed by atoms with Gasteiger partial charge in [-0.2, -0.15) is 5.26 Å². The SMILES string of the molecule is CC(c1ccc(-c2ccc(-c3cccc(C#N)c3)cc2)cc1)N(C)C. The molecule has 0 aliphatic carbocycles. The minimum absolute atomic E-state index is 0.406. The molecular formula is C23H22N2. The Balaban J connectivity index is 1.84. The van der Waals surface area contributed by atoms with Gasteiger partial charge in [0, 0.05) is 6.04 Å². The van der Waals surface area contributed by atoms with Gasteiger partial charge >= 0.3 is 0 Å². The summed E-state index contributed by atoms with van der Waals surface area (Å²) in [5.74, 6) is 0. The Labute approximate surface area is 150 Å². The van der Waals surface area contributed by atoms with E-state index in [9.17, 15) is 0 Å². The fraction of sp³-hybridized carbons (Fsp3) is 0.174. The number of hydrogen-bond donors (Lipinski definition) is 0. The Morgan fingerprint density at radius 2 is 1.28 bits per heavy atom. The van der Waals surface area contributed by atoms with Gasteiger partial charge in [0.15, 0.2) is 0 Å². The Morgan fingerprint density at radius 1 is 0.760 bits per heavy atom. The van der Waals surface area contributed by atoms with Crippen LogP contribution < -0.4 is 0 Å². The van der Waals surface area contributed by atoms with Crippen molar-refractivity contribution in [3.8, 4) is 28.3 Å². The van der Waals surface area contributed by atoms with E-state index in [-0.39, 0.29) is 0 Å². The summed E-state index contributed by atoms with van der Waals surface area (Å²) in [5.41, 5.74) is 6.61. The largest absolute Gasteiger partial charge is 0.303 e. The Hall–Kier alpha value is -2.89. The molecule has 0 amide bonds. The minimum Gasteiger partial charge on any atom is -0.303 e. The number of benzene rings is 3. The molecule has 0 spiro atoms. The van der Waals surface area contributed by atoms with E-state index in [1.165, 1.54) is 16.7 Å². The number of nitriles is 1. The summed E-state index contributed by atoms with van der Waals surface area (Å²) in [5, 5.41) is 9.04. The van der Waals surface area contributed by atoms with Gasteiger partial charge in [-0.1, -0.05) is 60.7 Å². The molecule has 3 rings (SSSR count). The third kappa shape index (κ3) is 3.79. The van der Waals surface area contributed by atoms with Crippen molar-refractivity contribution < 1.29 is 0 Å². The Bertz CT molecular complexity index is 885. The van der Waals surface area contributed by atoms with E-state index in [1.54, 1.807) is 0 Å². The molecule has 3 aromatic carbocycles. The second kappa shape index (κ2) is 7.34. The van der Waals surface area contributed by atoms with Crippen molar-refractivity contribution in [3.63, 3.8) is 0 Å². The molecule has 1 atom stereocenters. The predicted molar refractivity (Wildman–Crippen MR) is 104 cm³/mol. The van der Waals surface area contributed by atoms with Crippen molar-refractivity contribution in [2.24, 2.45) is 0 Å². The number of nitrogens with zero attached hydrogens (tertiary/aromatic N) is 2. The molecule has 2 heteroatoms. The van der Waals surface area contributed by atoms with Crippen LogP contribution in [0.3, 0.4) is 0 Å². The van der Waals surface area contributed by atoms with Crippen molar-refractivity contribution in [3.05, 3.63) is 83.9 Å². The van der Waals surface area contributed by atoms with Gasteiger partial charge in [0.1, 0.15) is 0 Å². The fourth-order valence-electron chi connectivity index (χ4n) is 2.88. The van der Waals surface area contributed by atoms with E-state index >= 15 is 0 Å². The van der Waals surface area contributed by atoms with Crippen LogP contribution in [-0.4, -0.2) is 19.0 Å². The van der Waals surface area contributed by atoms with Gasteiger partial charge in [0.25, 0.3) is 0 Å². The normalized spacial score (nSPS) is 12.0. The van der Waals surface area contributed by atoms with Crippen molar-refractivity contribution in [1.82, 2.24) is 4.90 Å². The summed E-state index contributed by atoms with van der Waals surface area (Å²) in [6.07, 6.45) is 0. The first-order chi connectivity index (χ1) is 12.1. The molecule has 1 unspecified atom stereocenters. The molecule has 0 aliphatic rings. The van der Waals surface area contributed by atoms with Crippen LogP contribution in [0.4, 0.5) is 0 Å². The Kier molecular flexibility index (Phi) is 4.97. The lowest BCUT2D eigenvalue weighted by Crippen LogP contribution is -2.16. The maximum Gasteiger partial charge on any atom is 0.0991 e. The summed E-state index contributed by atoms with van der Waals surface area (Å²) in [6, 6.07) is 27.6. The highest BCUT2D eigenvalue weighted by atomic mass is 15.1. The first-order valence-corrected chi connectivity index (χ1v) is 8.46. The molecule has 0 saturated carbocycles. The van der Waals surface area contributed by atoms with Crippen LogP contribution >= 0.6 is 0 Å². The highest BCUT2D eigenvalue weighted by Crippen LogP contribution is 2.27. The summed E-state index contributed by atoms with van der Waals surface area (Å²) >= 11 is 0. The molecule has 0 heterocycles. The van der Waals surface area contributed by atoms with E-state index in [2.05, 4.69) is 80.5 Å². The number of hydrogen-bond acceptors (Lipinski definition) is 2. The van der Waals surface area contributed by atoms with Crippen molar-refractivity contribution in [2.75, 3.05) is 14.1 Å². The highest BCUT2D eigenvalue weighted by Gasteiger charge is 2.08. The molecule has 2 nitrogen and oxygen atoms in total. The van der Waals surface area contributed by atoms with E-state index in [1.807, 2.05) is 24.3 Å². The zero-order valence-electron chi connectivity index (χ0n) is 14.9. The fourth-order valence-corrected chi connectivity index (χ4v) is 2.88. The third-order valence-corrected chi connectivity index (χ3v) is 4.71. The third-order valence-electron chi connectivity index (χ3n) is 4.71. The zero-order valence-corrected chi connectivity index (χ0v) is 14.9. The first-order valence-electron chi connectivity index (χ1n) is 8.46. The second-order valence-corrected chi connectivity index (χ2v) is 6.53. The van der Waals surface area contributed by atoms with Gasteiger partial charge < -0.3 is 4.90 Å². The summed E-state index contributed by atoms with van der Waals surface area (Å²) in [6.45, 7) is 2.21. The molecule has 0 aromatic heterocycles. The Morgan fingerprint density at radius 3 is 1.80 bits per heavy atom. The highest BCUT2D eigenvalue weighted by molar-refractivity contribution is 5.71. The van der Waals surface area contributed by atoms with Gasteiger partial charge in [-0.15, -0.1) is 0 Å². The smallest absolute Gasteiger partial charge is 0.0991 e. The second-order valence-electron chi connectivity index (χ2n) is 6.53. The van der Waals surface area contributed by atoms with E-state index in [4.69, 9.17) is 5.26 Å². The average molecular weight is 326 g/mol. The molecule has 0 N–H and O–H groups in total. The summed E-state index contributed by atoms with van der Waals surface area (Å²) in [4.78, 5) is 2.21. The molecule has 0 radical (unpaired) electrons. The van der Waals surface area contributed by atoms with Gasteiger partial charge in [-0.05, 0) is 61.0 Å². The molecule has 124 valence electrons. The maximum atomic E-state index is 9.04. The van der Waals surface area contributed by atoms with Crippen LogP contribution in [0.2, 0.25) is 0 Å². The molecule has 3 aromatic rings. The molecule has 0 fully saturated rings. The van der Waals surface area contributed by atoms with Crippen molar-refractivity contribution in [2.45, 2.75) is 13.0 Å². The summed E-state index contributed by atoms with van der Waals surface area (Å²) in [7, 11) is 4.19. The van der Waals surface area contributed by atoms with E-state index in [0.717, 1.165) is 11.1 Å². The lowest BCUT2D eigenvalue weighted by molar-refractivity contribution is 0.321. The lowest BCUT2D eigenvalue weighted by Gasteiger charge is -2.20. The lowest BCUT2D eigenvalue weighted by atomic mass is 9.98. The van der Waals surface area contributed by atoms with Crippen LogP contribution in [0.5, 0.6) is 0 Å². The van der Waals surface area contributed by atoms with Crippen LogP contribution in [0.15, 0.2) is 72.8 Å². The van der Waals surface area contributed by atoms with E-state index in [0.29, 0.717) is 11.6 Å². The minimum atomic E-state index is 0.406. The first kappa shape index (κ1) is 17.0. The van der Waals surface area contributed by atoms with Crippen molar-refractivity contribution >= 4 is 0 Å². The van der Waals surface area contributed by atoms with Crippen molar-refractivity contribution in [1.29, 1.82) is 5.26 Å². The quantitative estimate of drug-likeness (QED) is 0.631. The van der Waals surface area contributed by atoms with Crippen LogP contribution in [0.1, 0.15) is 24.1 Å². The van der Waals surface area contributed by atoms with Crippen LogP contribution in [0, 0.1) is 11.3 Å². The molecule has 0 bridgehead atoms. The van der Waals surface area contributed by atoms with Crippen LogP contribution in [0.25, 0.3) is 22.3 Å². The zero-order chi connectivity index (χ0) is 17.8. The predicted octanol–water partition coefficient (Wildman–Crippen LogP) is 5.51. The van der Waals surface area contributed by atoms with Gasteiger partial charge in [0.05, 0.1) is 11.6 Å². The van der Waals surface area contributed by atoms with Gasteiger partial charge in [-0.3, -0.25) is 0 Å². The van der Waals surface area contributed by atoms with Gasteiger partial charge in [-0.25, -0.2) is 0 Å².